The van der Waals surface area contributed by atoms with Gasteiger partial charge in [0.1, 0.15) is 5.82 Å². The number of aryl methyl sites for hydroxylation is 3. The lowest BCUT2D eigenvalue weighted by Gasteiger charge is -2.10. The van der Waals surface area contributed by atoms with E-state index in [0.717, 1.165) is 22.5 Å². The lowest BCUT2D eigenvalue weighted by atomic mass is 10.1. The van der Waals surface area contributed by atoms with E-state index in [1.807, 2.05) is 51.1 Å². The molecule has 0 saturated carbocycles. The van der Waals surface area contributed by atoms with Crippen molar-refractivity contribution in [1.29, 1.82) is 0 Å². The maximum Gasteiger partial charge on any atom is 0.259 e. The number of hydrogen-bond acceptors (Lipinski definition) is 3. The molecule has 0 saturated heterocycles. The van der Waals surface area contributed by atoms with Crippen LogP contribution in [0.5, 0.6) is 0 Å². The van der Waals surface area contributed by atoms with Gasteiger partial charge in [-0.1, -0.05) is 17.7 Å². The van der Waals surface area contributed by atoms with Crippen molar-refractivity contribution in [2.24, 2.45) is 0 Å². The molecule has 0 atom stereocenters. The molecular formula is C15H17N3O. The van der Waals surface area contributed by atoms with Gasteiger partial charge in [-0.05, 0) is 44.5 Å². The van der Waals surface area contributed by atoms with Crippen LogP contribution in [0, 0.1) is 20.8 Å². The molecule has 1 heterocycles. The summed E-state index contributed by atoms with van der Waals surface area (Å²) in [7, 11) is 0. The molecule has 0 aliphatic carbocycles. The van der Waals surface area contributed by atoms with Gasteiger partial charge in [-0.15, -0.1) is 0 Å². The lowest BCUT2D eigenvalue weighted by molar-refractivity contribution is 0.102. The van der Waals surface area contributed by atoms with Crippen LogP contribution < -0.4 is 11.1 Å². The van der Waals surface area contributed by atoms with Gasteiger partial charge in [-0.25, -0.2) is 4.98 Å². The molecule has 4 heteroatoms. The number of pyridine rings is 1. The minimum Gasteiger partial charge on any atom is -0.383 e. The summed E-state index contributed by atoms with van der Waals surface area (Å²) in [5.74, 6) is 0.0356. The van der Waals surface area contributed by atoms with Crippen LogP contribution in [0.25, 0.3) is 0 Å². The second-order valence-electron chi connectivity index (χ2n) is 4.66. The third kappa shape index (κ3) is 2.91. The summed E-state index contributed by atoms with van der Waals surface area (Å²) in [6, 6.07) is 9.46. The predicted octanol–water partition coefficient (Wildman–Crippen LogP) is 2.84. The Bertz CT molecular complexity index is 595. The lowest BCUT2D eigenvalue weighted by Crippen LogP contribution is -2.17. The van der Waals surface area contributed by atoms with Gasteiger partial charge in [0.25, 0.3) is 5.91 Å². The molecule has 98 valence electrons. The van der Waals surface area contributed by atoms with Crippen LogP contribution in [-0.2, 0) is 0 Å². The maximum atomic E-state index is 12.2. The fraction of sp³-hybridized carbons (Fsp3) is 0.200. The summed E-state index contributed by atoms with van der Waals surface area (Å²) in [5.41, 5.74) is 9.79. The van der Waals surface area contributed by atoms with Crippen molar-refractivity contribution in [2.75, 3.05) is 11.1 Å². The quantitative estimate of drug-likeness (QED) is 0.867. The number of aromatic nitrogens is 1. The molecule has 0 radical (unpaired) electrons. The molecule has 2 rings (SSSR count). The molecule has 0 fully saturated rings. The average molecular weight is 255 g/mol. The molecular weight excluding hydrogens is 238 g/mol. The Morgan fingerprint density at radius 3 is 2.37 bits per heavy atom. The van der Waals surface area contributed by atoms with E-state index in [0.29, 0.717) is 5.56 Å². The number of carbonyl (C=O) groups excluding carboxylic acids is 1. The van der Waals surface area contributed by atoms with E-state index in [-0.39, 0.29) is 11.7 Å². The van der Waals surface area contributed by atoms with Crippen molar-refractivity contribution in [1.82, 2.24) is 4.98 Å². The molecule has 0 aliphatic heterocycles. The van der Waals surface area contributed by atoms with E-state index >= 15 is 0 Å². The van der Waals surface area contributed by atoms with Gasteiger partial charge in [0, 0.05) is 11.4 Å². The first-order valence-corrected chi connectivity index (χ1v) is 6.09. The number of rotatable bonds is 2. The summed E-state index contributed by atoms with van der Waals surface area (Å²) in [6.07, 6.45) is 0. The Labute approximate surface area is 112 Å². The van der Waals surface area contributed by atoms with Crippen molar-refractivity contribution in [3.63, 3.8) is 0 Å². The summed E-state index contributed by atoms with van der Waals surface area (Å²) in [6.45, 7) is 5.71. The van der Waals surface area contributed by atoms with Crippen molar-refractivity contribution < 1.29 is 4.79 Å². The minimum atomic E-state index is -0.230. The van der Waals surface area contributed by atoms with Crippen molar-refractivity contribution in [2.45, 2.75) is 20.8 Å². The van der Waals surface area contributed by atoms with Gasteiger partial charge >= 0.3 is 0 Å². The van der Waals surface area contributed by atoms with Crippen LogP contribution in [0.4, 0.5) is 11.5 Å². The Morgan fingerprint density at radius 2 is 1.79 bits per heavy atom. The van der Waals surface area contributed by atoms with Crippen LogP contribution >= 0.6 is 0 Å². The zero-order valence-corrected chi connectivity index (χ0v) is 11.3. The highest BCUT2D eigenvalue weighted by Gasteiger charge is 2.14. The molecule has 0 spiro atoms. The van der Waals surface area contributed by atoms with Crippen molar-refractivity contribution >= 4 is 17.4 Å². The van der Waals surface area contributed by atoms with E-state index in [1.54, 1.807) is 0 Å². The van der Waals surface area contributed by atoms with Gasteiger partial charge in [-0.3, -0.25) is 4.79 Å². The molecule has 2 aromatic rings. The summed E-state index contributed by atoms with van der Waals surface area (Å²) in [5, 5.41) is 2.83. The monoisotopic (exact) mass is 255 g/mol. The third-order valence-electron chi connectivity index (χ3n) is 2.91. The first kappa shape index (κ1) is 13.1. The fourth-order valence-corrected chi connectivity index (χ4v) is 1.99. The highest BCUT2D eigenvalue weighted by Crippen LogP contribution is 2.18. The van der Waals surface area contributed by atoms with Gasteiger partial charge in [-0.2, -0.15) is 0 Å². The first-order chi connectivity index (χ1) is 8.97. The minimum absolute atomic E-state index is 0.230. The van der Waals surface area contributed by atoms with Crippen LogP contribution in [0.3, 0.4) is 0 Å². The zero-order chi connectivity index (χ0) is 14.0. The molecule has 0 bridgehead atoms. The first-order valence-electron chi connectivity index (χ1n) is 6.09. The molecule has 1 aromatic carbocycles. The second kappa shape index (κ2) is 5.10. The van der Waals surface area contributed by atoms with Gasteiger partial charge in [0.15, 0.2) is 0 Å². The van der Waals surface area contributed by atoms with Crippen LogP contribution in [0.1, 0.15) is 27.2 Å². The number of nitrogens with zero attached hydrogens (tertiary/aromatic N) is 1. The van der Waals surface area contributed by atoms with E-state index in [9.17, 15) is 4.79 Å². The SMILES string of the molecule is Cc1ccc(NC(=O)c2c(C)cc(C)nc2N)cc1. The Balaban J connectivity index is 2.28. The van der Waals surface area contributed by atoms with Crippen molar-refractivity contribution in [3.05, 3.63) is 52.7 Å². The molecule has 4 nitrogen and oxygen atoms in total. The number of hydrogen-bond donors (Lipinski definition) is 2. The number of amides is 1. The largest absolute Gasteiger partial charge is 0.383 e. The van der Waals surface area contributed by atoms with Gasteiger partial charge in [0.2, 0.25) is 0 Å². The third-order valence-corrected chi connectivity index (χ3v) is 2.91. The number of nitrogen functional groups attached to an aromatic ring is 1. The number of nitrogens with one attached hydrogen (secondary N) is 1. The molecule has 1 aromatic heterocycles. The second-order valence-corrected chi connectivity index (χ2v) is 4.66. The van der Waals surface area contributed by atoms with E-state index < -0.39 is 0 Å². The Morgan fingerprint density at radius 1 is 1.16 bits per heavy atom. The number of anilines is 2. The highest BCUT2D eigenvalue weighted by atomic mass is 16.1. The smallest absolute Gasteiger partial charge is 0.259 e. The van der Waals surface area contributed by atoms with E-state index in [4.69, 9.17) is 5.73 Å². The highest BCUT2D eigenvalue weighted by molar-refractivity contribution is 6.08. The molecule has 19 heavy (non-hydrogen) atoms. The number of nitrogens with two attached hydrogens (primary N) is 1. The fourth-order valence-electron chi connectivity index (χ4n) is 1.99. The summed E-state index contributed by atoms with van der Waals surface area (Å²) in [4.78, 5) is 16.3. The van der Waals surface area contributed by atoms with Crippen LogP contribution in [0.15, 0.2) is 30.3 Å². The molecule has 1 amide bonds. The van der Waals surface area contributed by atoms with Crippen LogP contribution in [0.2, 0.25) is 0 Å². The number of carbonyl (C=O) groups is 1. The summed E-state index contributed by atoms with van der Waals surface area (Å²) >= 11 is 0. The summed E-state index contributed by atoms with van der Waals surface area (Å²) < 4.78 is 0. The predicted molar refractivity (Wildman–Crippen MR) is 77.3 cm³/mol. The van der Waals surface area contributed by atoms with Gasteiger partial charge in [0.05, 0.1) is 5.56 Å². The topological polar surface area (TPSA) is 68.0 Å². The zero-order valence-electron chi connectivity index (χ0n) is 11.3. The van der Waals surface area contributed by atoms with E-state index in [1.165, 1.54) is 0 Å². The molecule has 0 unspecified atom stereocenters. The number of benzene rings is 1. The van der Waals surface area contributed by atoms with Crippen LogP contribution in [-0.4, -0.2) is 10.9 Å². The Kier molecular flexibility index (Phi) is 3.51. The van der Waals surface area contributed by atoms with E-state index in [2.05, 4.69) is 10.3 Å². The standard InChI is InChI=1S/C15H17N3O/c1-9-4-6-12(7-5-9)18-15(19)13-10(2)8-11(3)17-14(13)16/h4-8H,1-3H3,(H2,16,17)(H,18,19). The normalized spacial score (nSPS) is 10.3. The Hall–Kier alpha value is -2.36. The maximum absolute atomic E-state index is 12.2. The molecule has 0 aliphatic rings. The molecule has 3 N–H and O–H groups in total. The van der Waals surface area contributed by atoms with Gasteiger partial charge < -0.3 is 11.1 Å². The van der Waals surface area contributed by atoms with Crippen molar-refractivity contribution in [3.8, 4) is 0 Å². The average Bonchev–Trinajstić information content (AvgIpc) is 2.30.